The van der Waals surface area contributed by atoms with Gasteiger partial charge in [0.25, 0.3) is 0 Å². The number of benzene rings is 1. The molecule has 1 heterocycles. The Labute approximate surface area is 122 Å². The van der Waals surface area contributed by atoms with Gasteiger partial charge in [0.2, 0.25) is 0 Å². The lowest BCUT2D eigenvalue weighted by Gasteiger charge is -2.26. The van der Waals surface area contributed by atoms with Gasteiger partial charge in [-0.15, -0.1) is 0 Å². The zero-order valence-corrected chi connectivity index (χ0v) is 12.9. The number of rotatable bonds is 5. The molecule has 0 aliphatic heterocycles. The molecule has 0 saturated carbocycles. The maximum atomic E-state index is 5.21. The highest BCUT2D eigenvalue weighted by Crippen LogP contribution is 2.24. The fraction of sp³-hybridized carbons (Fsp3) is 0.444. The molecule has 0 aliphatic rings. The van der Waals surface area contributed by atoms with E-state index in [4.69, 9.17) is 4.42 Å². The van der Waals surface area contributed by atoms with Crippen LogP contribution in [0.3, 0.4) is 0 Å². The lowest BCUT2D eigenvalue weighted by atomic mass is 9.89. The molecule has 2 heteroatoms. The molecule has 0 amide bonds. The summed E-state index contributed by atoms with van der Waals surface area (Å²) in [5.41, 5.74) is 4.17. The summed E-state index contributed by atoms with van der Waals surface area (Å²) in [6.07, 6.45) is 4.61. The quantitative estimate of drug-likeness (QED) is 0.877. The normalized spacial score (nSPS) is 13.4. The number of nitrogens with one attached hydrogen (secondary N) is 1. The molecule has 0 radical (unpaired) electrons. The van der Waals surface area contributed by atoms with Crippen LogP contribution in [0.2, 0.25) is 0 Å². The van der Waals surface area contributed by atoms with Crippen LogP contribution in [0.25, 0.3) is 0 Å². The Bertz CT molecular complexity index is 523. The zero-order chi connectivity index (χ0) is 14.6. The Kier molecular flexibility index (Phi) is 4.66. The van der Waals surface area contributed by atoms with Crippen LogP contribution in [0.1, 0.15) is 43.4 Å². The molecule has 2 nitrogen and oxygen atoms in total. The first kappa shape index (κ1) is 14.9. The summed E-state index contributed by atoms with van der Waals surface area (Å²) in [6, 6.07) is 10.7. The number of furan rings is 1. The third-order valence-electron chi connectivity index (χ3n) is 3.57. The smallest absolute Gasteiger partial charge is 0.0934 e. The Hall–Kier alpha value is -1.54. The van der Waals surface area contributed by atoms with Crippen molar-refractivity contribution in [2.45, 2.75) is 45.6 Å². The van der Waals surface area contributed by atoms with Crippen molar-refractivity contribution in [3.8, 4) is 0 Å². The highest BCUT2D eigenvalue weighted by atomic mass is 16.3. The fourth-order valence-electron chi connectivity index (χ4n) is 2.46. The largest absolute Gasteiger partial charge is 0.472 e. The molecule has 0 saturated heterocycles. The number of hydrogen-bond donors (Lipinski definition) is 1. The molecule has 0 spiro atoms. The minimum Gasteiger partial charge on any atom is -0.472 e. The third-order valence-corrected chi connectivity index (χ3v) is 3.57. The summed E-state index contributed by atoms with van der Waals surface area (Å²) in [6.45, 7) is 9.79. The molecular weight excluding hydrogens is 246 g/mol. The highest BCUT2D eigenvalue weighted by molar-refractivity contribution is 5.31. The minimum atomic E-state index is 0.136. The first-order valence-electron chi connectivity index (χ1n) is 7.27. The lowest BCUT2D eigenvalue weighted by Crippen LogP contribution is -2.39. The molecule has 20 heavy (non-hydrogen) atoms. The molecule has 1 aromatic heterocycles. The molecular formula is C18H25NO. The van der Waals surface area contributed by atoms with Gasteiger partial charge in [-0.3, -0.25) is 0 Å². The van der Waals surface area contributed by atoms with E-state index in [1.54, 1.807) is 6.26 Å². The SMILES string of the molecule is Cc1ccccc1C(CNC(C)(C)C)Cc1ccoc1. The lowest BCUT2D eigenvalue weighted by molar-refractivity contribution is 0.404. The van der Waals surface area contributed by atoms with E-state index in [9.17, 15) is 0 Å². The van der Waals surface area contributed by atoms with Crippen LogP contribution in [-0.2, 0) is 6.42 Å². The van der Waals surface area contributed by atoms with Gasteiger partial charge < -0.3 is 9.73 Å². The van der Waals surface area contributed by atoms with Crippen molar-refractivity contribution in [2.75, 3.05) is 6.54 Å². The highest BCUT2D eigenvalue weighted by Gasteiger charge is 2.18. The van der Waals surface area contributed by atoms with E-state index in [-0.39, 0.29) is 5.54 Å². The summed E-state index contributed by atoms with van der Waals surface area (Å²) in [7, 11) is 0. The maximum absolute atomic E-state index is 5.21. The van der Waals surface area contributed by atoms with Crippen molar-refractivity contribution in [1.29, 1.82) is 0 Å². The summed E-state index contributed by atoms with van der Waals surface area (Å²) in [4.78, 5) is 0. The predicted molar refractivity (Wildman–Crippen MR) is 84.1 cm³/mol. The second-order valence-electron chi connectivity index (χ2n) is 6.52. The van der Waals surface area contributed by atoms with Crippen LogP contribution in [-0.4, -0.2) is 12.1 Å². The van der Waals surface area contributed by atoms with E-state index in [1.807, 2.05) is 6.26 Å². The average Bonchev–Trinajstić information content (AvgIpc) is 2.87. The molecule has 0 bridgehead atoms. The molecule has 1 unspecified atom stereocenters. The molecule has 0 aliphatic carbocycles. The molecule has 2 aromatic rings. The van der Waals surface area contributed by atoms with Gasteiger partial charge in [-0.2, -0.15) is 0 Å². The summed E-state index contributed by atoms with van der Waals surface area (Å²) < 4.78 is 5.21. The monoisotopic (exact) mass is 271 g/mol. The minimum absolute atomic E-state index is 0.136. The van der Waals surface area contributed by atoms with E-state index >= 15 is 0 Å². The first-order valence-corrected chi connectivity index (χ1v) is 7.27. The van der Waals surface area contributed by atoms with Crippen molar-refractivity contribution < 1.29 is 4.42 Å². The number of aryl methyl sites for hydroxylation is 1. The second-order valence-corrected chi connectivity index (χ2v) is 6.52. The molecule has 2 rings (SSSR count). The van der Waals surface area contributed by atoms with Crippen molar-refractivity contribution in [2.24, 2.45) is 0 Å². The second kappa shape index (κ2) is 6.27. The van der Waals surface area contributed by atoms with E-state index < -0.39 is 0 Å². The summed E-state index contributed by atoms with van der Waals surface area (Å²) in [5, 5.41) is 3.63. The van der Waals surface area contributed by atoms with Gasteiger partial charge in [0, 0.05) is 18.0 Å². The molecule has 0 fully saturated rings. The van der Waals surface area contributed by atoms with Crippen LogP contribution in [0, 0.1) is 6.92 Å². The van der Waals surface area contributed by atoms with E-state index in [0.29, 0.717) is 5.92 Å². The topological polar surface area (TPSA) is 25.2 Å². The van der Waals surface area contributed by atoms with Gasteiger partial charge in [-0.05, 0) is 56.9 Å². The summed E-state index contributed by atoms with van der Waals surface area (Å²) in [5.74, 6) is 0.466. The van der Waals surface area contributed by atoms with Crippen LogP contribution >= 0.6 is 0 Å². The predicted octanol–water partition coefficient (Wildman–Crippen LogP) is 4.30. The third kappa shape index (κ3) is 4.24. The van der Waals surface area contributed by atoms with Gasteiger partial charge in [0.05, 0.1) is 12.5 Å². The molecule has 1 atom stereocenters. The van der Waals surface area contributed by atoms with Gasteiger partial charge in [-0.25, -0.2) is 0 Å². The Morgan fingerprint density at radius 2 is 1.90 bits per heavy atom. The van der Waals surface area contributed by atoms with Crippen LogP contribution < -0.4 is 5.32 Å². The van der Waals surface area contributed by atoms with Crippen molar-refractivity contribution in [1.82, 2.24) is 5.32 Å². The fourth-order valence-corrected chi connectivity index (χ4v) is 2.46. The average molecular weight is 271 g/mol. The molecule has 1 aromatic carbocycles. The van der Waals surface area contributed by atoms with E-state index in [0.717, 1.165) is 13.0 Å². The maximum Gasteiger partial charge on any atom is 0.0934 e. The van der Waals surface area contributed by atoms with E-state index in [1.165, 1.54) is 16.7 Å². The van der Waals surface area contributed by atoms with E-state index in [2.05, 4.69) is 63.3 Å². The van der Waals surface area contributed by atoms with Gasteiger partial charge in [0.15, 0.2) is 0 Å². The van der Waals surface area contributed by atoms with Crippen LogP contribution in [0.4, 0.5) is 0 Å². The molecule has 1 N–H and O–H groups in total. The van der Waals surface area contributed by atoms with Crippen molar-refractivity contribution >= 4 is 0 Å². The Balaban J connectivity index is 2.17. The van der Waals surface area contributed by atoms with Crippen molar-refractivity contribution in [3.05, 3.63) is 59.5 Å². The van der Waals surface area contributed by atoms with Gasteiger partial charge in [0.1, 0.15) is 0 Å². The van der Waals surface area contributed by atoms with Crippen LogP contribution in [0.15, 0.2) is 47.3 Å². The Morgan fingerprint density at radius 1 is 1.15 bits per heavy atom. The first-order chi connectivity index (χ1) is 9.46. The number of hydrogen-bond acceptors (Lipinski definition) is 2. The van der Waals surface area contributed by atoms with Gasteiger partial charge >= 0.3 is 0 Å². The van der Waals surface area contributed by atoms with Crippen molar-refractivity contribution in [3.63, 3.8) is 0 Å². The summed E-state index contributed by atoms with van der Waals surface area (Å²) >= 11 is 0. The zero-order valence-electron chi connectivity index (χ0n) is 12.9. The Morgan fingerprint density at radius 3 is 2.50 bits per heavy atom. The standard InChI is InChI=1S/C18H25NO/c1-14-7-5-6-8-17(14)16(12-19-18(2,3)4)11-15-9-10-20-13-15/h5-10,13,16,19H,11-12H2,1-4H3. The molecule has 108 valence electrons. The van der Waals surface area contributed by atoms with Crippen LogP contribution in [0.5, 0.6) is 0 Å². The van der Waals surface area contributed by atoms with Gasteiger partial charge in [-0.1, -0.05) is 24.3 Å².